The Labute approximate surface area is 194 Å². The van der Waals surface area contributed by atoms with Gasteiger partial charge in [0.25, 0.3) is 0 Å². The lowest BCUT2D eigenvalue weighted by Gasteiger charge is -2.24. The standard InChI is InChI=1S/C22H26N4O8/c1-12(23)19(27)34-25-15-9-10-26(21(29)24-15)18-17-16(32-22(2,3)33-17)14(31-18)11-30-20(28)13-7-5-4-6-8-13/h4-10,12,14,16-18H,11,23H2,1-3H3,(H,24,25,29)/t12-,14+,16+,17+,18+/m0/s1. The molecule has 4 rings (SSSR count). The van der Waals surface area contributed by atoms with Crippen LogP contribution in [0, 0.1) is 0 Å². The first-order chi connectivity index (χ1) is 16.1. The molecule has 3 heterocycles. The maximum atomic E-state index is 12.7. The summed E-state index contributed by atoms with van der Waals surface area (Å²) in [4.78, 5) is 45.2. The van der Waals surface area contributed by atoms with Gasteiger partial charge in [0.2, 0.25) is 0 Å². The van der Waals surface area contributed by atoms with Crippen molar-refractivity contribution in [1.29, 1.82) is 0 Å². The first kappa shape index (κ1) is 23.8. The molecule has 2 aliphatic heterocycles. The third-order valence-electron chi connectivity index (χ3n) is 5.25. The predicted molar refractivity (Wildman–Crippen MR) is 116 cm³/mol. The number of ether oxygens (including phenoxy) is 4. The Balaban J connectivity index is 1.48. The first-order valence-electron chi connectivity index (χ1n) is 10.7. The summed E-state index contributed by atoms with van der Waals surface area (Å²) < 4.78 is 24.6. The topological polar surface area (TPSA) is 153 Å². The fourth-order valence-corrected chi connectivity index (χ4v) is 3.69. The van der Waals surface area contributed by atoms with E-state index >= 15 is 0 Å². The van der Waals surface area contributed by atoms with Gasteiger partial charge in [-0.2, -0.15) is 4.98 Å². The van der Waals surface area contributed by atoms with E-state index in [1.807, 2.05) is 0 Å². The van der Waals surface area contributed by atoms with Gasteiger partial charge >= 0.3 is 17.6 Å². The molecular weight excluding hydrogens is 448 g/mol. The van der Waals surface area contributed by atoms with Crippen molar-refractivity contribution in [3.63, 3.8) is 0 Å². The number of rotatable bonds is 7. The van der Waals surface area contributed by atoms with Crippen LogP contribution in [0.4, 0.5) is 5.82 Å². The lowest BCUT2D eigenvalue weighted by molar-refractivity contribution is -0.200. The average molecular weight is 474 g/mol. The van der Waals surface area contributed by atoms with Crippen molar-refractivity contribution in [3.05, 3.63) is 58.6 Å². The zero-order valence-corrected chi connectivity index (χ0v) is 18.9. The SMILES string of the molecule is C[C@H](N)C(=O)ONc1ccn([C@@H]2O[C@H](COC(=O)c3ccccc3)[C@H]3OC(C)(C)O[C@H]32)c(=O)n1. The molecule has 12 nitrogen and oxygen atoms in total. The smallest absolute Gasteiger partial charge is 0.351 e. The molecule has 5 atom stereocenters. The summed E-state index contributed by atoms with van der Waals surface area (Å²) in [6.45, 7) is 4.86. The minimum atomic E-state index is -0.926. The molecule has 182 valence electrons. The molecule has 3 N–H and O–H groups in total. The Hall–Kier alpha value is -3.32. The van der Waals surface area contributed by atoms with Crippen LogP contribution in [0.1, 0.15) is 37.4 Å². The molecule has 0 radical (unpaired) electrons. The van der Waals surface area contributed by atoms with E-state index in [1.165, 1.54) is 23.8 Å². The van der Waals surface area contributed by atoms with E-state index < -0.39 is 54.0 Å². The minimum absolute atomic E-state index is 0.0158. The minimum Gasteiger partial charge on any atom is -0.459 e. The van der Waals surface area contributed by atoms with Gasteiger partial charge in [-0.3, -0.25) is 4.57 Å². The zero-order valence-electron chi connectivity index (χ0n) is 18.9. The number of nitrogens with zero attached hydrogens (tertiary/aromatic N) is 2. The normalized spacial score (nSPS) is 25.9. The lowest BCUT2D eigenvalue weighted by Crippen LogP contribution is -2.35. The van der Waals surface area contributed by atoms with Crippen molar-refractivity contribution in [2.75, 3.05) is 12.1 Å². The van der Waals surface area contributed by atoms with E-state index in [2.05, 4.69) is 10.5 Å². The van der Waals surface area contributed by atoms with Crippen LogP contribution < -0.4 is 16.9 Å². The largest absolute Gasteiger partial charge is 0.459 e. The quantitative estimate of drug-likeness (QED) is 0.431. The zero-order chi connectivity index (χ0) is 24.5. The molecule has 0 unspecified atom stereocenters. The molecule has 2 fully saturated rings. The van der Waals surface area contributed by atoms with Crippen molar-refractivity contribution in [2.45, 2.75) is 57.1 Å². The fourth-order valence-electron chi connectivity index (χ4n) is 3.69. The van der Waals surface area contributed by atoms with Crippen LogP contribution in [0.5, 0.6) is 0 Å². The molecular formula is C22H26N4O8. The van der Waals surface area contributed by atoms with Gasteiger partial charge in [-0.25, -0.2) is 19.9 Å². The molecule has 0 saturated carbocycles. The van der Waals surface area contributed by atoms with Gasteiger partial charge in [0.05, 0.1) is 5.56 Å². The Bertz CT molecular complexity index is 1100. The van der Waals surface area contributed by atoms with E-state index in [-0.39, 0.29) is 12.4 Å². The molecule has 0 spiro atoms. The second kappa shape index (κ2) is 9.50. The van der Waals surface area contributed by atoms with Crippen molar-refractivity contribution in [2.24, 2.45) is 5.73 Å². The van der Waals surface area contributed by atoms with Crippen LogP contribution in [0.15, 0.2) is 47.4 Å². The van der Waals surface area contributed by atoms with E-state index in [0.717, 1.165) is 0 Å². The highest BCUT2D eigenvalue weighted by atomic mass is 16.8. The Kier molecular flexibility index (Phi) is 6.66. The summed E-state index contributed by atoms with van der Waals surface area (Å²) in [6, 6.07) is 9.15. The summed E-state index contributed by atoms with van der Waals surface area (Å²) >= 11 is 0. The number of carbonyl (C=O) groups is 2. The van der Waals surface area contributed by atoms with Gasteiger partial charge in [0, 0.05) is 12.3 Å². The maximum absolute atomic E-state index is 12.7. The fraction of sp³-hybridized carbons (Fsp3) is 0.455. The molecule has 0 aliphatic carbocycles. The van der Waals surface area contributed by atoms with E-state index in [0.29, 0.717) is 5.56 Å². The molecule has 34 heavy (non-hydrogen) atoms. The second-order valence-electron chi connectivity index (χ2n) is 8.41. The first-order valence-corrected chi connectivity index (χ1v) is 10.7. The van der Waals surface area contributed by atoms with Crippen LogP contribution in [0.2, 0.25) is 0 Å². The highest BCUT2D eigenvalue weighted by Crippen LogP contribution is 2.42. The number of carbonyl (C=O) groups excluding carboxylic acids is 2. The van der Waals surface area contributed by atoms with Crippen LogP contribution in [0.3, 0.4) is 0 Å². The average Bonchev–Trinajstić information content (AvgIpc) is 3.29. The molecule has 12 heteroatoms. The third-order valence-corrected chi connectivity index (χ3v) is 5.25. The van der Waals surface area contributed by atoms with Crippen molar-refractivity contribution in [3.8, 4) is 0 Å². The highest BCUT2D eigenvalue weighted by Gasteiger charge is 2.56. The predicted octanol–water partition coefficient (Wildman–Crippen LogP) is 0.735. The second-order valence-corrected chi connectivity index (χ2v) is 8.41. The third kappa shape index (κ3) is 5.09. The molecule has 0 amide bonds. The Morgan fingerprint density at radius 2 is 1.91 bits per heavy atom. The Morgan fingerprint density at radius 1 is 1.21 bits per heavy atom. The van der Waals surface area contributed by atoms with Gasteiger partial charge in [-0.15, -0.1) is 0 Å². The maximum Gasteiger partial charge on any atom is 0.351 e. The van der Waals surface area contributed by atoms with E-state index in [4.69, 9.17) is 29.5 Å². The van der Waals surface area contributed by atoms with Crippen LogP contribution >= 0.6 is 0 Å². The lowest BCUT2D eigenvalue weighted by atomic mass is 10.1. The van der Waals surface area contributed by atoms with Crippen LogP contribution in [-0.4, -0.2) is 58.2 Å². The number of anilines is 1. The molecule has 1 aromatic carbocycles. The number of nitrogens with two attached hydrogens (primary N) is 1. The van der Waals surface area contributed by atoms with E-state index in [1.54, 1.807) is 44.2 Å². The van der Waals surface area contributed by atoms with Gasteiger partial charge in [0.1, 0.15) is 31.0 Å². The number of benzene rings is 1. The number of esters is 1. The van der Waals surface area contributed by atoms with Crippen molar-refractivity contribution >= 4 is 17.8 Å². The van der Waals surface area contributed by atoms with Crippen LogP contribution in [0.25, 0.3) is 0 Å². The Morgan fingerprint density at radius 3 is 2.59 bits per heavy atom. The van der Waals surface area contributed by atoms with Gasteiger partial charge in [-0.1, -0.05) is 18.2 Å². The molecule has 0 bridgehead atoms. The van der Waals surface area contributed by atoms with Crippen molar-refractivity contribution in [1.82, 2.24) is 9.55 Å². The van der Waals surface area contributed by atoms with Crippen molar-refractivity contribution < 1.29 is 33.4 Å². The monoisotopic (exact) mass is 474 g/mol. The number of fused-ring (bicyclic) bond motifs is 1. The number of hydrogen-bond donors (Lipinski definition) is 2. The molecule has 1 aromatic heterocycles. The van der Waals surface area contributed by atoms with Gasteiger partial charge in [0.15, 0.2) is 17.8 Å². The number of hydrogen-bond acceptors (Lipinski definition) is 11. The summed E-state index contributed by atoms with van der Waals surface area (Å²) in [5.74, 6) is -2.12. The van der Waals surface area contributed by atoms with Crippen LogP contribution in [-0.2, 0) is 28.6 Å². The number of nitrogens with one attached hydrogen (secondary N) is 1. The number of aromatic nitrogens is 2. The summed E-state index contributed by atoms with van der Waals surface area (Å²) in [7, 11) is 0. The van der Waals surface area contributed by atoms with Gasteiger partial charge in [-0.05, 0) is 32.9 Å². The van der Waals surface area contributed by atoms with Gasteiger partial charge < -0.3 is 29.5 Å². The summed E-state index contributed by atoms with van der Waals surface area (Å²) in [5.41, 5.74) is 7.44. The molecule has 2 saturated heterocycles. The highest BCUT2D eigenvalue weighted by molar-refractivity contribution is 5.89. The molecule has 2 aliphatic rings. The molecule has 2 aromatic rings. The summed E-state index contributed by atoms with van der Waals surface area (Å²) in [6.07, 6.45) is -1.37. The summed E-state index contributed by atoms with van der Waals surface area (Å²) in [5, 5.41) is 0. The van der Waals surface area contributed by atoms with E-state index in [9.17, 15) is 14.4 Å².